The number of rotatable bonds is 3. The molecule has 0 saturated carbocycles. The van der Waals surface area contributed by atoms with E-state index in [1.165, 1.54) is 6.20 Å². The molecule has 0 bridgehead atoms. The molecule has 0 spiro atoms. The van der Waals surface area contributed by atoms with Crippen LogP contribution in [0.4, 0.5) is 5.69 Å². The van der Waals surface area contributed by atoms with Gasteiger partial charge in [-0.3, -0.25) is 15.2 Å². The number of anilines is 1. The molecule has 30 heavy (non-hydrogen) atoms. The van der Waals surface area contributed by atoms with Crippen molar-refractivity contribution in [3.8, 4) is 0 Å². The fourth-order valence-corrected chi connectivity index (χ4v) is 2.96. The van der Waals surface area contributed by atoms with Crippen molar-refractivity contribution in [2.24, 2.45) is 15.7 Å². The average molecular weight is 398 g/mol. The van der Waals surface area contributed by atoms with Gasteiger partial charge in [-0.1, -0.05) is 54.6 Å². The quantitative estimate of drug-likeness (QED) is 0.463. The van der Waals surface area contributed by atoms with Crippen LogP contribution in [0.5, 0.6) is 0 Å². The van der Waals surface area contributed by atoms with E-state index in [4.69, 9.17) is 15.9 Å². The third kappa shape index (κ3) is 4.07. The van der Waals surface area contributed by atoms with Gasteiger partial charge in [-0.25, -0.2) is 4.99 Å². The van der Waals surface area contributed by atoms with Crippen LogP contribution in [0.3, 0.4) is 0 Å². The predicted molar refractivity (Wildman–Crippen MR) is 115 cm³/mol. The van der Waals surface area contributed by atoms with E-state index in [1.54, 1.807) is 24.3 Å². The minimum atomic E-state index is -1.18. The molecule has 4 rings (SSSR count). The van der Waals surface area contributed by atoms with E-state index in [9.17, 15) is 4.79 Å². The highest BCUT2D eigenvalue weighted by molar-refractivity contribution is 6.19. The Morgan fingerprint density at radius 3 is 2.53 bits per heavy atom. The lowest BCUT2D eigenvalue weighted by Crippen LogP contribution is -2.29. The summed E-state index contributed by atoms with van der Waals surface area (Å²) < 4.78 is 5.25. The van der Waals surface area contributed by atoms with Gasteiger partial charge < -0.3 is 15.8 Å². The first-order valence-electron chi connectivity index (χ1n) is 9.16. The number of aliphatic imine (C=N–C) groups is 2. The molecular formula is C22H18N6O2. The summed E-state index contributed by atoms with van der Waals surface area (Å²) in [6.45, 7) is 0. The lowest BCUT2D eigenvalue weighted by atomic mass is 10.0. The van der Waals surface area contributed by atoms with E-state index in [0.29, 0.717) is 17.1 Å². The van der Waals surface area contributed by atoms with Crippen LogP contribution in [-0.2, 0) is 9.53 Å². The molecule has 1 aromatic heterocycles. The zero-order valence-corrected chi connectivity index (χ0v) is 15.8. The number of aromatic nitrogens is 1. The number of carbonyl (C=O) groups is 1. The number of carbonyl (C=O) groups excluding carboxylic acids is 1. The Morgan fingerprint density at radius 2 is 1.77 bits per heavy atom. The lowest BCUT2D eigenvalue weighted by molar-refractivity contribution is -0.117. The molecule has 0 aliphatic carbocycles. The van der Waals surface area contributed by atoms with Crippen LogP contribution in [-0.4, -0.2) is 34.7 Å². The highest BCUT2D eigenvalue weighted by Crippen LogP contribution is 2.24. The van der Waals surface area contributed by atoms with E-state index in [1.807, 2.05) is 48.5 Å². The number of amides is 1. The third-order valence-electron chi connectivity index (χ3n) is 4.33. The van der Waals surface area contributed by atoms with Crippen molar-refractivity contribution >= 4 is 29.2 Å². The van der Waals surface area contributed by atoms with Crippen LogP contribution in [0, 0.1) is 5.41 Å². The van der Waals surface area contributed by atoms with Gasteiger partial charge in [-0.05, 0) is 18.2 Å². The van der Waals surface area contributed by atoms with Gasteiger partial charge in [0.2, 0.25) is 12.1 Å². The number of benzene rings is 2. The number of para-hydroxylation sites is 1. The first-order chi connectivity index (χ1) is 14.6. The SMILES string of the molecule is N=C(OC(N)=NC1N=C(c2ccccc2)c2ccccc2NC1=O)c1ccccn1. The number of ether oxygens (including phenoxy) is 1. The topological polar surface area (TPSA) is 126 Å². The predicted octanol–water partition coefficient (Wildman–Crippen LogP) is 2.55. The van der Waals surface area contributed by atoms with Gasteiger partial charge in [0, 0.05) is 17.3 Å². The Morgan fingerprint density at radius 1 is 1.03 bits per heavy atom. The Kier molecular flexibility index (Phi) is 5.29. The maximum Gasteiger partial charge on any atom is 0.291 e. The van der Waals surface area contributed by atoms with Gasteiger partial charge in [0.15, 0.2) is 0 Å². The first kappa shape index (κ1) is 19.0. The molecule has 1 atom stereocenters. The van der Waals surface area contributed by atoms with Crippen LogP contribution >= 0.6 is 0 Å². The van der Waals surface area contributed by atoms with Gasteiger partial charge in [0.25, 0.3) is 11.9 Å². The molecule has 0 radical (unpaired) electrons. The second kappa shape index (κ2) is 8.36. The Hall–Kier alpha value is -4.33. The highest BCUT2D eigenvalue weighted by Gasteiger charge is 2.26. The number of nitrogens with zero attached hydrogens (tertiary/aromatic N) is 3. The smallest absolute Gasteiger partial charge is 0.291 e. The van der Waals surface area contributed by atoms with Gasteiger partial charge in [-0.2, -0.15) is 4.99 Å². The Balaban J connectivity index is 1.68. The Bertz CT molecular complexity index is 1140. The van der Waals surface area contributed by atoms with Crippen LogP contribution in [0.15, 0.2) is 89.0 Å². The van der Waals surface area contributed by atoms with E-state index < -0.39 is 12.1 Å². The van der Waals surface area contributed by atoms with Crippen molar-refractivity contribution < 1.29 is 9.53 Å². The zero-order chi connectivity index (χ0) is 20.9. The van der Waals surface area contributed by atoms with Gasteiger partial charge in [0.1, 0.15) is 5.69 Å². The normalized spacial score (nSPS) is 16.0. The summed E-state index contributed by atoms with van der Waals surface area (Å²) in [5, 5.41) is 10.8. The fraction of sp³-hybridized carbons (Fsp3) is 0.0455. The molecule has 3 aromatic rings. The molecule has 4 N–H and O–H groups in total. The number of amidine groups is 1. The van der Waals surface area contributed by atoms with Crippen molar-refractivity contribution in [2.45, 2.75) is 6.17 Å². The standard InChI is InChI=1S/C22H18N6O2/c23-19(17-12-6-7-13-25-17)30-22(24)28-20-21(29)26-16-11-5-4-10-15(16)18(27-20)14-8-2-1-3-9-14/h1-13,20,23H,(H2,24,28)(H,26,29). The number of nitrogens with one attached hydrogen (secondary N) is 2. The molecular weight excluding hydrogens is 380 g/mol. The highest BCUT2D eigenvalue weighted by atomic mass is 16.5. The van der Waals surface area contributed by atoms with Crippen molar-refractivity contribution in [3.05, 3.63) is 95.8 Å². The molecule has 1 aliphatic rings. The maximum absolute atomic E-state index is 12.7. The zero-order valence-electron chi connectivity index (χ0n) is 15.8. The number of hydrogen-bond donors (Lipinski definition) is 3. The summed E-state index contributed by atoms with van der Waals surface area (Å²) in [5.41, 5.74) is 8.99. The van der Waals surface area contributed by atoms with Crippen LogP contribution in [0.25, 0.3) is 0 Å². The summed E-state index contributed by atoms with van der Waals surface area (Å²) >= 11 is 0. The van der Waals surface area contributed by atoms with Crippen molar-refractivity contribution in [1.29, 1.82) is 5.41 Å². The monoisotopic (exact) mass is 398 g/mol. The van der Waals surface area contributed by atoms with Crippen molar-refractivity contribution in [3.63, 3.8) is 0 Å². The molecule has 1 unspecified atom stereocenters. The van der Waals surface area contributed by atoms with E-state index in [-0.39, 0.29) is 11.9 Å². The second-order valence-electron chi connectivity index (χ2n) is 6.37. The number of nitrogens with two attached hydrogens (primary N) is 1. The molecule has 2 heterocycles. The fourth-order valence-electron chi connectivity index (χ4n) is 2.96. The summed E-state index contributed by atoms with van der Waals surface area (Å²) in [7, 11) is 0. The molecule has 0 saturated heterocycles. The number of pyridine rings is 1. The average Bonchev–Trinajstić information content (AvgIpc) is 2.91. The molecule has 2 aromatic carbocycles. The molecule has 1 aliphatic heterocycles. The van der Waals surface area contributed by atoms with E-state index in [2.05, 4.69) is 20.3 Å². The van der Waals surface area contributed by atoms with Gasteiger partial charge >= 0.3 is 0 Å². The summed E-state index contributed by atoms with van der Waals surface area (Å²) in [6.07, 6.45) is 0.358. The summed E-state index contributed by atoms with van der Waals surface area (Å²) in [4.78, 5) is 25.4. The Labute approximate surface area is 172 Å². The minimum Gasteiger partial charge on any atom is -0.405 e. The van der Waals surface area contributed by atoms with E-state index >= 15 is 0 Å². The van der Waals surface area contributed by atoms with Gasteiger partial charge in [-0.15, -0.1) is 0 Å². The van der Waals surface area contributed by atoms with Crippen molar-refractivity contribution in [1.82, 2.24) is 4.98 Å². The summed E-state index contributed by atoms with van der Waals surface area (Å²) in [6, 6.07) is 21.6. The molecule has 8 heteroatoms. The van der Waals surface area contributed by atoms with Gasteiger partial charge in [0.05, 0.1) is 11.4 Å². The first-order valence-corrected chi connectivity index (χ1v) is 9.16. The minimum absolute atomic E-state index is 0.276. The summed E-state index contributed by atoms with van der Waals surface area (Å²) in [5.74, 6) is -0.731. The van der Waals surface area contributed by atoms with E-state index in [0.717, 1.165) is 11.1 Å². The maximum atomic E-state index is 12.7. The van der Waals surface area contributed by atoms with Crippen LogP contribution < -0.4 is 11.1 Å². The largest absolute Gasteiger partial charge is 0.405 e. The van der Waals surface area contributed by atoms with Crippen molar-refractivity contribution in [2.75, 3.05) is 5.32 Å². The number of hydrogen-bond acceptors (Lipinski definition) is 6. The second-order valence-corrected chi connectivity index (χ2v) is 6.37. The third-order valence-corrected chi connectivity index (χ3v) is 4.33. The lowest BCUT2D eigenvalue weighted by Gasteiger charge is -2.09. The number of benzodiazepines with no additional fused rings is 1. The molecule has 0 fully saturated rings. The number of fused-ring (bicyclic) bond motifs is 1. The van der Waals surface area contributed by atoms with Crippen LogP contribution in [0.2, 0.25) is 0 Å². The molecule has 8 nitrogen and oxygen atoms in total. The molecule has 148 valence electrons. The van der Waals surface area contributed by atoms with Crippen LogP contribution in [0.1, 0.15) is 16.8 Å². The molecule has 1 amide bonds.